The summed E-state index contributed by atoms with van der Waals surface area (Å²) in [4.78, 5) is 23.2. The van der Waals surface area contributed by atoms with Crippen molar-refractivity contribution in [3.63, 3.8) is 0 Å². The van der Waals surface area contributed by atoms with E-state index in [0.717, 1.165) is 56.5 Å². The molecule has 2 atom stereocenters. The van der Waals surface area contributed by atoms with Crippen LogP contribution in [0.15, 0.2) is 12.4 Å². The second-order valence-electron chi connectivity index (χ2n) is 7.76. The summed E-state index contributed by atoms with van der Waals surface area (Å²) in [6.45, 7) is 12.0. The monoisotopic (exact) mass is 373 g/mol. The molecule has 27 heavy (non-hydrogen) atoms. The summed E-state index contributed by atoms with van der Waals surface area (Å²) >= 11 is 0. The number of nitrogens with zero attached hydrogens (tertiary/aromatic N) is 6. The summed E-state index contributed by atoms with van der Waals surface area (Å²) in [6.07, 6.45) is 5.95. The van der Waals surface area contributed by atoms with Crippen LogP contribution in [-0.4, -0.2) is 54.9 Å². The first-order valence-electron chi connectivity index (χ1n) is 9.81. The molecule has 1 N–H and O–H groups in total. The molecule has 0 bridgehead atoms. The number of likely N-dealkylation sites (tertiary alicyclic amines) is 1. The zero-order valence-corrected chi connectivity index (χ0v) is 16.9. The summed E-state index contributed by atoms with van der Waals surface area (Å²) in [5, 5.41) is 7.56. The van der Waals surface area contributed by atoms with E-state index in [4.69, 9.17) is 0 Å². The first-order valence-corrected chi connectivity index (χ1v) is 9.81. The van der Waals surface area contributed by atoms with E-state index in [1.165, 1.54) is 0 Å². The van der Waals surface area contributed by atoms with Gasteiger partial charge >= 0.3 is 6.03 Å². The number of rotatable bonds is 6. The molecule has 8 nitrogen and oxygen atoms in total. The Bertz CT molecular complexity index is 766. The molecule has 1 fully saturated rings. The van der Waals surface area contributed by atoms with Crippen LogP contribution < -0.4 is 5.32 Å². The van der Waals surface area contributed by atoms with Crippen molar-refractivity contribution < 1.29 is 4.79 Å². The van der Waals surface area contributed by atoms with Gasteiger partial charge in [-0.15, -0.1) is 0 Å². The third-order valence-corrected chi connectivity index (χ3v) is 5.23. The molecule has 1 aliphatic heterocycles. The Labute approximate surface area is 161 Å². The van der Waals surface area contributed by atoms with Gasteiger partial charge in [0, 0.05) is 45.1 Å². The molecule has 0 aliphatic carbocycles. The second kappa shape index (κ2) is 8.54. The molecule has 148 valence electrons. The number of urea groups is 1. The van der Waals surface area contributed by atoms with E-state index in [-0.39, 0.29) is 6.03 Å². The van der Waals surface area contributed by atoms with Gasteiger partial charge in [-0.2, -0.15) is 5.10 Å². The largest absolute Gasteiger partial charge is 0.338 e. The number of aryl methyl sites for hydroxylation is 3. The molecule has 3 heterocycles. The Hall–Kier alpha value is -2.38. The Morgan fingerprint density at radius 1 is 1.33 bits per heavy atom. The summed E-state index contributed by atoms with van der Waals surface area (Å²) in [5.41, 5.74) is 0. The predicted octanol–water partition coefficient (Wildman–Crippen LogP) is 2.16. The maximum absolute atomic E-state index is 12.6. The predicted molar refractivity (Wildman–Crippen MR) is 103 cm³/mol. The van der Waals surface area contributed by atoms with E-state index < -0.39 is 0 Å². The van der Waals surface area contributed by atoms with Crippen LogP contribution in [0.1, 0.15) is 37.2 Å². The maximum Gasteiger partial charge on any atom is 0.317 e. The fourth-order valence-electron chi connectivity index (χ4n) is 3.75. The van der Waals surface area contributed by atoms with Crippen LogP contribution in [0.3, 0.4) is 0 Å². The SMILES string of the molecule is Cc1nc(C)n(CC2CCCN(C(=O)NCC(C)Cn3ccnc3C)C2)n1. The van der Waals surface area contributed by atoms with Crippen molar-refractivity contribution in [3.8, 4) is 0 Å². The molecule has 2 amide bonds. The van der Waals surface area contributed by atoms with Gasteiger partial charge in [0.1, 0.15) is 17.5 Å². The van der Waals surface area contributed by atoms with Crippen LogP contribution in [0.25, 0.3) is 0 Å². The van der Waals surface area contributed by atoms with Gasteiger partial charge < -0.3 is 14.8 Å². The van der Waals surface area contributed by atoms with Crippen LogP contribution in [0.2, 0.25) is 0 Å². The smallest absolute Gasteiger partial charge is 0.317 e. The Balaban J connectivity index is 1.46. The number of hydrogen-bond donors (Lipinski definition) is 1. The van der Waals surface area contributed by atoms with Crippen LogP contribution in [-0.2, 0) is 13.1 Å². The minimum atomic E-state index is 0.0420. The number of carbonyl (C=O) groups excluding carboxylic acids is 1. The van der Waals surface area contributed by atoms with E-state index in [1.54, 1.807) is 0 Å². The molecule has 1 aliphatic rings. The molecular formula is C19H31N7O. The van der Waals surface area contributed by atoms with Crippen LogP contribution >= 0.6 is 0 Å². The van der Waals surface area contributed by atoms with Crippen molar-refractivity contribution in [2.45, 2.75) is 53.6 Å². The summed E-state index contributed by atoms with van der Waals surface area (Å²) in [6, 6.07) is 0.0420. The van der Waals surface area contributed by atoms with Crippen molar-refractivity contribution in [1.29, 1.82) is 0 Å². The number of nitrogens with one attached hydrogen (secondary N) is 1. The molecule has 2 aromatic rings. The normalized spacial score (nSPS) is 18.5. The van der Waals surface area contributed by atoms with E-state index >= 15 is 0 Å². The lowest BCUT2D eigenvalue weighted by Gasteiger charge is -2.33. The van der Waals surface area contributed by atoms with Crippen molar-refractivity contribution in [3.05, 3.63) is 29.9 Å². The van der Waals surface area contributed by atoms with E-state index in [0.29, 0.717) is 18.4 Å². The zero-order chi connectivity index (χ0) is 19.4. The third-order valence-electron chi connectivity index (χ3n) is 5.23. The lowest BCUT2D eigenvalue weighted by atomic mass is 9.98. The average molecular weight is 374 g/mol. The van der Waals surface area contributed by atoms with Gasteiger partial charge in [0.25, 0.3) is 0 Å². The maximum atomic E-state index is 12.6. The lowest BCUT2D eigenvalue weighted by Crippen LogP contribution is -2.47. The minimum Gasteiger partial charge on any atom is -0.338 e. The summed E-state index contributed by atoms with van der Waals surface area (Å²) in [7, 11) is 0. The highest BCUT2D eigenvalue weighted by molar-refractivity contribution is 5.74. The van der Waals surface area contributed by atoms with Gasteiger partial charge in [-0.05, 0) is 45.4 Å². The van der Waals surface area contributed by atoms with Gasteiger partial charge in [0.2, 0.25) is 0 Å². The van der Waals surface area contributed by atoms with Crippen molar-refractivity contribution in [1.82, 2.24) is 34.5 Å². The molecule has 0 saturated carbocycles. The Morgan fingerprint density at radius 2 is 2.15 bits per heavy atom. The zero-order valence-electron chi connectivity index (χ0n) is 16.9. The standard InChI is InChI=1S/C19H31N7O/c1-14(11-24-9-7-20-16(24)3)10-21-19(27)25-8-5-6-18(12-25)13-26-17(4)22-15(2)23-26/h7,9,14,18H,5-6,8,10-13H2,1-4H3,(H,21,27). The molecule has 2 aromatic heterocycles. The number of carbonyl (C=O) groups is 1. The highest BCUT2D eigenvalue weighted by Crippen LogP contribution is 2.19. The molecule has 2 unspecified atom stereocenters. The first-order chi connectivity index (χ1) is 12.9. The first kappa shape index (κ1) is 19.4. The topological polar surface area (TPSA) is 80.9 Å². The molecule has 3 rings (SSSR count). The van der Waals surface area contributed by atoms with Gasteiger partial charge in [0.15, 0.2) is 0 Å². The molecule has 0 radical (unpaired) electrons. The molecule has 8 heteroatoms. The van der Waals surface area contributed by atoms with Gasteiger partial charge in [-0.3, -0.25) is 0 Å². The number of piperidine rings is 1. The Morgan fingerprint density at radius 3 is 2.81 bits per heavy atom. The summed E-state index contributed by atoms with van der Waals surface area (Å²) in [5.74, 6) is 3.53. The number of imidazole rings is 1. The van der Waals surface area contributed by atoms with E-state index in [9.17, 15) is 4.79 Å². The highest BCUT2D eigenvalue weighted by Gasteiger charge is 2.25. The molecule has 1 saturated heterocycles. The lowest BCUT2D eigenvalue weighted by molar-refractivity contribution is 0.156. The fourth-order valence-corrected chi connectivity index (χ4v) is 3.75. The van der Waals surface area contributed by atoms with E-state index in [1.807, 2.05) is 42.7 Å². The number of hydrogen-bond acceptors (Lipinski definition) is 4. The molecule has 0 spiro atoms. The van der Waals surface area contributed by atoms with Crippen LogP contribution in [0.5, 0.6) is 0 Å². The minimum absolute atomic E-state index is 0.0420. The average Bonchev–Trinajstić information content (AvgIpc) is 3.17. The second-order valence-corrected chi connectivity index (χ2v) is 7.76. The molecular weight excluding hydrogens is 342 g/mol. The highest BCUT2D eigenvalue weighted by atomic mass is 16.2. The summed E-state index contributed by atoms with van der Waals surface area (Å²) < 4.78 is 4.09. The van der Waals surface area contributed by atoms with E-state index in [2.05, 4.69) is 31.9 Å². The van der Waals surface area contributed by atoms with Gasteiger partial charge in [-0.1, -0.05) is 6.92 Å². The fraction of sp³-hybridized carbons (Fsp3) is 0.684. The van der Waals surface area contributed by atoms with Crippen molar-refractivity contribution in [2.24, 2.45) is 11.8 Å². The molecule has 0 aromatic carbocycles. The van der Waals surface area contributed by atoms with Crippen molar-refractivity contribution in [2.75, 3.05) is 19.6 Å². The quantitative estimate of drug-likeness (QED) is 0.841. The number of amides is 2. The van der Waals surface area contributed by atoms with Crippen LogP contribution in [0, 0.1) is 32.6 Å². The third kappa shape index (κ3) is 5.08. The van der Waals surface area contributed by atoms with Crippen molar-refractivity contribution >= 4 is 6.03 Å². The Kier molecular flexibility index (Phi) is 6.13. The van der Waals surface area contributed by atoms with Crippen LogP contribution in [0.4, 0.5) is 4.79 Å². The van der Waals surface area contributed by atoms with Gasteiger partial charge in [0.05, 0.1) is 0 Å². The number of aromatic nitrogens is 5. The van der Waals surface area contributed by atoms with Gasteiger partial charge in [-0.25, -0.2) is 19.4 Å².